The molecule has 0 amide bonds. The zero-order chi connectivity index (χ0) is 10.7. The molecule has 6 heteroatoms. The van der Waals surface area contributed by atoms with Crippen LogP contribution in [0.4, 0.5) is 10.1 Å². The van der Waals surface area contributed by atoms with Crippen LogP contribution in [0.1, 0.15) is 0 Å². The molecule has 0 spiro atoms. The number of rotatable bonds is 2. The van der Waals surface area contributed by atoms with E-state index in [2.05, 4.69) is 36.9 Å². The van der Waals surface area contributed by atoms with Crippen molar-refractivity contribution in [3.63, 3.8) is 0 Å². The molecule has 1 aromatic carbocycles. The van der Waals surface area contributed by atoms with Crippen molar-refractivity contribution >= 4 is 55.0 Å². The predicted molar refractivity (Wildman–Crippen MR) is 63.8 cm³/mol. The third-order valence-electron chi connectivity index (χ3n) is 1.37. The van der Waals surface area contributed by atoms with Crippen LogP contribution in [0.25, 0.3) is 0 Å². The molecule has 0 aliphatic heterocycles. The SMILES string of the molecule is NC(CCl)=Nc1c(Br)cc(F)cc1Br. The summed E-state index contributed by atoms with van der Waals surface area (Å²) in [6, 6.07) is 2.62. The van der Waals surface area contributed by atoms with E-state index in [-0.39, 0.29) is 17.5 Å². The van der Waals surface area contributed by atoms with E-state index in [0.717, 1.165) is 0 Å². The van der Waals surface area contributed by atoms with Gasteiger partial charge in [0.15, 0.2) is 0 Å². The molecule has 76 valence electrons. The number of amidine groups is 1. The Morgan fingerprint density at radius 1 is 1.43 bits per heavy atom. The van der Waals surface area contributed by atoms with E-state index in [0.29, 0.717) is 14.6 Å². The van der Waals surface area contributed by atoms with Crippen molar-refractivity contribution in [3.8, 4) is 0 Å². The lowest BCUT2D eigenvalue weighted by Crippen LogP contribution is -2.12. The highest BCUT2D eigenvalue weighted by atomic mass is 79.9. The van der Waals surface area contributed by atoms with Crippen LogP contribution in [-0.4, -0.2) is 11.7 Å². The Hall–Kier alpha value is -0.130. The summed E-state index contributed by atoms with van der Waals surface area (Å²) in [6.45, 7) is 0. The van der Waals surface area contributed by atoms with Gasteiger partial charge < -0.3 is 5.73 Å². The first-order valence-corrected chi connectivity index (χ1v) is 5.70. The summed E-state index contributed by atoms with van der Waals surface area (Å²) in [5.74, 6) is 0.0582. The summed E-state index contributed by atoms with van der Waals surface area (Å²) in [5, 5.41) is 0. The largest absolute Gasteiger partial charge is 0.386 e. The van der Waals surface area contributed by atoms with Gasteiger partial charge in [-0.05, 0) is 44.0 Å². The average Bonchev–Trinajstić information content (AvgIpc) is 2.10. The van der Waals surface area contributed by atoms with Gasteiger partial charge in [-0.25, -0.2) is 9.38 Å². The van der Waals surface area contributed by atoms with Crippen LogP contribution in [0.5, 0.6) is 0 Å². The zero-order valence-corrected chi connectivity index (χ0v) is 10.8. The molecule has 2 nitrogen and oxygen atoms in total. The van der Waals surface area contributed by atoms with E-state index >= 15 is 0 Å². The molecule has 0 saturated heterocycles. The highest BCUT2D eigenvalue weighted by molar-refractivity contribution is 9.11. The van der Waals surface area contributed by atoms with Gasteiger partial charge in [-0.1, -0.05) is 0 Å². The van der Waals surface area contributed by atoms with Gasteiger partial charge in [0.2, 0.25) is 0 Å². The van der Waals surface area contributed by atoms with Gasteiger partial charge in [0.1, 0.15) is 11.7 Å². The van der Waals surface area contributed by atoms with Crippen LogP contribution >= 0.6 is 43.5 Å². The number of benzene rings is 1. The number of nitrogens with two attached hydrogens (primary N) is 1. The number of alkyl halides is 1. The van der Waals surface area contributed by atoms with Crippen molar-refractivity contribution in [2.24, 2.45) is 10.7 Å². The standard InChI is InChI=1S/C8H6Br2ClFN2/c9-5-1-4(12)2-6(10)8(5)14-7(13)3-11/h1-2H,3H2,(H2,13,14). The minimum Gasteiger partial charge on any atom is -0.386 e. The lowest BCUT2D eigenvalue weighted by atomic mass is 10.3. The lowest BCUT2D eigenvalue weighted by Gasteiger charge is -2.03. The van der Waals surface area contributed by atoms with Crippen molar-refractivity contribution in [2.75, 3.05) is 5.88 Å². The van der Waals surface area contributed by atoms with Crippen molar-refractivity contribution < 1.29 is 4.39 Å². The molecule has 0 radical (unpaired) electrons. The smallest absolute Gasteiger partial charge is 0.125 e. The Balaban J connectivity index is 3.21. The molecular weight excluding hydrogens is 338 g/mol. The number of aliphatic imine (C=N–C) groups is 1. The minimum absolute atomic E-state index is 0.135. The number of hydrogen-bond donors (Lipinski definition) is 1. The molecule has 1 aromatic rings. The van der Waals surface area contributed by atoms with E-state index in [9.17, 15) is 4.39 Å². The van der Waals surface area contributed by atoms with Crippen LogP contribution in [-0.2, 0) is 0 Å². The van der Waals surface area contributed by atoms with E-state index in [1.54, 1.807) is 0 Å². The third kappa shape index (κ3) is 2.93. The van der Waals surface area contributed by atoms with Crippen molar-refractivity contribution in [3.05, 3.63) is 26.9 Å². The molecular formula is C8H6Br2ClFN2. The summed E-state index contributed by atoms with van der Waals surface area (Å²) < 4.78 is 13.9. The molecule has 0 aliphatic rings. The molecule has 0 aliphatic carbocycles. The van der Waals surface area contributed by atoms with E-state index in [4.69, 9.17) is 17.3 Å². The Morgan fingerprint density at radius 3 is 2.36 bits per heavy atom. The van der Waals surface area contributed by atoms with Gasteiger partial charge in [0, 0.05) is 8.95 Å². The van der Waals surface area contributed by atoms with Gasteiger partial charge in [-0.3, -0.25) is 0 Å². The molecule has 0 saturated carbocycles. The normalized spacial score (nSPS) is 11.9. The number of halogens is 4. The third-order valence-corrected chi connectivity index (χ3v) is 2.86. The first-order valence-electron chi connectivity index (χ1n) is 3.58. The molecule has 2 N–H and O–H groups in total. The molecule has 0 unspecified atom stereocenters. The topological polar surface area (TPSA) is 38.4 Å². The maximum Gasteiger partial charge on any atom is 0.125 e. The summed E-state index contributed by atoms with van der Waals surface area (Å²) in [7, 11) is 0. The highest BCUT2D eigenvalue weighted by Crippen LogP contribution is 2.34. The Morgan fingerprint density at radius 2 is 1.93 bits per heavy atom. The van der Waals surface area contributed by atoms with Gasteiger partial charge in [-0.2, -0.15) is 0 Å². The molecule has 0 heterocycles. The van der Waals surface area contributed by atoms with Crippen LogP contribution in [0.15, 0.2) is 26.1 Å². The molecule has 0 bridgehead atoms. The first-order chi connectivity index (χ1) is 6.54. The maximum absolute atomic E-state index is 12.9. The van der Waals surface area contributed by atoms with Gasteiger partial charge in [0.05, 0.1) is 11.6 Å². The maximum atomic E-state index is 12.9. The van der Waals surface area contributed by atoms with Gasteiger partial charge in [-0.15, -0.1) is 11.6 Å². The van der Waals surface area contributed by atoms with Crippen LogP contribution < -0.4 is 5.73 Å². The Labute approximate surface area is 103 Å². The lowest BCUT2D eigenvalue weighted by molar-refractivity contribution is 0.626. The van der Waals surface area contributed by atoms with E-state index in [1.807, 2.05) is 0 Å². The number of hydrogen-bond acceptors (Lipinski definition) is 1. The average molecular weight is 344 g/mol. The fraction of sp³-hybridized carbons (Fsp3) is 0.125. The van der Waals surface area contributed by atoms with E-state index < -0.39 is 0 Å². The van der Waals surface area contributed by atoms with Gasteiger partial charge in [0.25, 0.3) is 0 Å². The van der Waals surface area contributed by atoms with Crippen molar-refractivity contribution in [1.82, 2.24) is 0 Å². The number of nitrogens with zero attached hydrogens (tertiary/aromatic N) is 1. The monoisotopic (exact) mass is 342 g/mol. The summed E-state index contributed by atoms with van der Waals surface area (Å²) in [4.78, 5) is 4.02. The highest BCUT2D eigenvalue weighted by Gasteiger charge is 2.07. The van der Waals surface area contributed by atoms with Crippen molar-refractivity contribution in [1.29, 1.82) is 0 Å². The van der Waals surface area contributed by atoms with Gasteiger partial charge >= 0.3 is 0 Å². The predicted octanol–water partition coefficient (Wildman–Crippen LogP) is 3.58. The van der Waals surface area contributed by atoms with Crippen molar-refractivity contribution in [2.45, 2.75) is 0 Å². The van der Waals surface area contributed by atoms with Crippen LogP contribution in [0.3, 0.4) is 0 Å². The fourth-order valence-electron chi connectivity index (χ4n) is 0.815. The minimum atomic E-state index is -0.354. The molecule has 0 atom stereocenters. The fourth-order valence-corrected chi connectivity index (χ4v) is 2.18. The zero-order valence-electron chi connectivity index (χ0n) is 6.90. The van der Waals surface area contributed by atoms with Crippen LogP contribution in [0.2, 0.25) is 0 Å². The quantitative estimate of drug-likeness (QED) is 0.497. The molecule has 0 aromatic heterocycles. The second-order valence-corrected chi connectivity index (χ2v) is 4.43. The molecule has 1 rings (SSSR count). The molecule has 14 heavy (non-hydrogen) atoms. The summed E-state index contributed by atoms with van der Waals surface area (Å²) in [6.07, 6.45) is 0. The summed E-state index contributed by atoms with van der Waals surface area (Å²) >= 11 is 11.8. The Bertz CT molecular complexity index is 359. The second-order valence-electron chi connectivity index (χ2n) is 2.45. The first kappa shape index (κ1) is 11.9. The second kappa shape index (κ2) is 5.09. The van der Waals surface area contributed by atoms with Crippen LogP contribution in [0, 0.1) is 5.82 Å². The Kier molecular flexibility index (Phi) is 4.34. The van der Waals surface area contributed by atoms with E-state index in [1.165, 1.54) is 12.1 Å². The summed E-state index contributed by atoms with van der Waals surface area (Å²) in [5.41, 5.74) is 6.00. The molecule has 0 fully saturated rings.